The molecular formula is C13H17ClN2S. The number of anilines is 1. The van der Waals surface area contributed by atoms with E-state index < -0.39 is 0 Å². The minimum Gasteiger partial charge on any atom is -0.389 e. The van der Waals surface area contributed by atoms with Crippen molar-refractivity contribution in [2.45, 2.75) is 38.1 Å². The van der Waals surface area contributed by atoms with Crippen molar-refractivity contribution in [3.8, 4) is 0 Å². The predicted octanol–water partition coefficient (Wildman–Crippen LogP) is 3.72. The standard InChI is InChI=1S/C13H17ClN2S/c1-2-13(6-3-7-13)16-11-5-4-9(14)8-10(11)12(15)17/h4-5,8,16H,2-3,6-7H2,1H3,(H2,15,17). The summed E-state index contributed by atoms with van der Waals surface area (Å²) in [6.07, 6.45) is 4.83. The third-order valence-electron chi connectivity index (χ3n) is 3.63. The van der Waals surface area contributed by atoms with Gasteiger partial charge in [-0.15, -0.1) is 0 Å². The highest BCUT2D eigenvalue weighted by Gasteiger charge is 2.35. The van der Waals surface area contributed by atoms with Crippen LogP contribution in [-0.2, 0) is 0 Å². The summed E-state index contributed by atoms with van der Waals surface area (Å²) in [4.78, 5) is 0.389. The molecule has 0 aliphatic heterocycles. The third-order valence-corrected chi connectivity index (χ3v) is 4.09. The number of nitrogens with one attached hydrogen (secondary N) is 1. The highest BCUT2D eigenvalue weighted by molar-refractivity contribution is 7.80. The lowest BCUT2D eigenvalue weighted by molar-refractivity contribution is 0.269. The van der Waals surface area contributed by atoms with E-state index in [4.69, 9.17) is 29.6 Å². The van der Waals surface area contributed by atoms with Crippen molar-refractivity contribution in [3.63, 3.8) is 0 Å². The Labute approximate surface area is 113 Å². The lowest BCUT2D eigenvalue weighted by Gasteiger charge is -2.43. The number of rotatable bonds is 4. The zero-order valence-electron chi connectivity index (χ0n) is 9.92. The van der Waals surface area contributed by atoms with E-state index in [2.05, 4.69) is 12.2 Å². The van der Waals surface area contributed by atoms with Gasteiger partial charge in [-0.2, -0.15) is 0 Å². The maximum absolute atomic E-state index is 5.97. The van der Waals surface area contributed by atoms with Gasteiger partial charge in [-0.3, -0.25) is 0 Å². The number of hydrogen-bond acceptors (Lipinski definition) is 2. The quantitative estimate of drug-likeness (QED) is 0.818. The van der Waals surface area contributed by atoms with E-state index in [0.717, 1.165) is 17.7 Å². The van der Waals surface area contributed by atoms with Gasteiger partial charge in [0.1, 0.15) is 4.99 Å². The van der Waals surface area contributed by atoms with E-state index in [1.165, 1.54) is 19.3 Å². The maximum Gasteiger partial charge on any atom is 0.106 e. The van der Waals surface area contributed by atoms with Gasteiger partial charge in [0, 0.05) is 21.8 Å². The Bertz CT molecular complexity index is 436. The van der Waals surface area contributed by atoms with Crippen molar-refractivity contribution < 1.29 is 0 Å². The molecule has 0 heterocycles. The van der Waals surface area contributed by atoms with Crippen molar-refractivity contribution in [2.24, 2.45) is 5.73 Å². The van der Waals surface area contributed by atoms with E-state index in [1.807, 2.05) is 18.2 Å². The van der Waals surface area contributed by atoms with Gasteiger partial charge < -0.3 is 11.1 Å². The minimum atomic E-state index is 0.230. The molecule has 2 rings (SSSR count). The summed E-state index contributed by atoms with van der Waals surface area (Å²) in [5.74, 6) is 0. The first-order valence-corrected chi connectivity index (χ1v) is 6.72. The number of hydrogen-bond donors (Lipinski definition) is 2. The Hall–Kier alpha value is -0.800. The zero-order chi connectivity index (χ0) is 12.5. The Kier molecular flexibility index (Phi) is 3.59. The van der Waals surface area contributed by atoms with Gasteiger partial charge in [0.25, 0.3) is 0 Å². The second kappa shape index (κ2) is 4.83. The molecule has 1 aromatic carbocycles. The summed E-state index contributed by atoms with van der Waals surface area (Å²) in [5.41, 5.74) is 7.81. The van der Waals surface area contributed by atoms with E-state index in [0.29, 0.717) is 10.0 Å². The normalized spacial score (nSPS) is 17.3. The van der Waals surface area contributed by atoms with Crippen molar-refractivity contribution >= 4 is 34.5 Å². The van der Waals surface area contributed by atoms with Gasteiger partial charge in [-0.25, -0.2) is 0 Å². The van der Waals surface area contributed by atoms with Crippen LogP contribution in [0.5, 0.6) is 0 Å². The molecule has 3 N–H and O–H groups in total. The molecule has 0 bridgehead atoms. The average molecular weight is 269 g/mol. The SMILES string of the molecule is CCC1(Nc2ccc(Cl)cc2C(N)=S)CCC1. The molecule has 92 valence electrons. The Morgan fingerprint density at radius 1 is 1.53 bits per heavy atom. The summed E-state index contributed by atoms with van der Waals surface area (Å²) in [5, 5.41) is 4.26. The van der Waals surface area contributed by atoms with Crippen molar-refractivity contribution in [3.05, 3.63) is 28.8 Å². The molecule has 1 saturated carbocycles. The molecule has 0 atom stereocenters. The van der Waals surface area contributed by atoms with E-state index in [1.54, 1.807) is 0 Å². The molecule has 4 heteroatoms. The topological polar surface area (TPSA) is 38.0 Å². The number of thiocarbonyl (C=S) groups is 1. The fourth-order valence-electron chi connectivity index (χ4n) is 2.29. The molecule has 17 heavy (non-hydrogen) atoms. The van der Waals surface area contributed by atoms with Crippen LogP contribution in [0.3, 0.4) is 0 Å². The van der Waals surface area contributed by atoms with Gasteiger partial charge in [0.05, 0.1) is 0 Å². The number of benzene rings is 1. The molecule has 0 aromatic heterocycles. The summed E-state index contributed by atoms with van der Waals surface area (Å²) in [6, 6.07) is 5.66. The zero-order valence-corrected chi connectivity index (χ0v) is 11.5. The van der Waals surface area contributed by atoms with Gasteiger partial charge in [-0.1, -0.05) is 30.7 Å². The van der Waals surface area contributed by atoms with Gasteiger partial charge in [-0.05, 0) is 43.9 Å². The van der Waals surface area contributed by atoms with Crippen LogP contribution in [0.25, 0.3) is 0 Å². The molecule has 0 saturated heterocycles. The fraction of sp³-hybridized carbons (Fsp3) is 0.462. The van der Waals surface area contributed by atoms with Crippen LogP contribution in [0, 0.1) is 0 Å². The van der Waals surface area contributed by atoms with Crippen LogP contribution in [0.4, 0.5) is 5.69 Å². The molecular weight excluding hydrogens is 252 g/mol. The second-order valence-electron chi connectivity index (χ2n) is 4.67. The first-order valence-electron chi connectivity index (χ1n) is 5.94. The minimum absolute atomic E-state index is 0.230. The summed E-state index contributed by atoms with van der Waals surface area (Å²) in [7, 11) is 0. The molecule has 1 aromatic rings. The molecule has 0 spiro atoms. The molecule has 1 aliphatic carbocycles. The Balaban J connectivity index is 2.29. The molecule has 0 radical (unpaired) electrons. The van der Waals surface area contributed by atoms with Crippen LogP contribution < -0.4 is 11.1 Å². The van der Waals surface area contributed by atoms with Crippen molar-refractivity contribution in [1.29, 1.82) is 0 Å². The van der Waals surface area contributed by atoms with E-state index in [-0.39, 0.29) is 5.54 Å². The molecule has 0 unspecified atom stereocenters. The average Bonchev–Trinajstić information content (AvgIpc) is 2.25. The molecule has 1 fully saturated rings. The predicted molar refractivity (Wildman–Crippen MR) is 77.8 cm³/mol. The fourth-order valence-corrected chi connectivity index (χ4v) is 2.63. The highest BCUT2D eigenvalue weighted by atomic mass is 35.5. The van der Waals surface area contributed by atoms with Crippen LogP contribution in [0.15, 0.2) is 18.2 Å². The molecule has 1 aliphatic rings. The Morgan fingerprint density at radius 3 is 2.71 bits per heavy atom. The number of halogens is 1. The maximum atomic E-state index is 5.97. The van der Waals surface area contributed by atoms with Crippen LogP contribution in [0.1, 0.15) is 38.2 Å². The van der Waals surface area contributed by atoms with Crippen molar-refractivity contribution in [2.75, 3.05) is 5.32 Å². The number of nitrogens with two attached hydrogens (primary N) is 1. The van der Waals surface area contributed by atoms with E-state index in [9.17, 15) is 0 Å². The van der Waals surface area contributed by atoms with Gasteiger partial charge in [0.2, 0.25) is 0 Å². The first kappa shape index (κ1) is 12.7. The third kappa shape index (κ3) is 2.55. The van der Waals surface area contributed by atoms with Crippen LogP contribution in [0.2, 0.25) is 5.02 Å². The smallest absolute Gasteiger partial charge is 0.106 e. The van der Waals surface area contributed by atoms with Gasteiger partial charge in [0.15, 0.2) is 0 Å². The Morgan fingerprint density at radius 2 is 2.24 bits per heavy atom. The lowest BCUT2D eigenvalue weighted by Crippen LogP contribution is -2.44. The summed E-state index contributed by atoms with van der Waals surface area (Å²) < 4.78 is 0. The summed E-state index contributed by atoms with van der Waals surface area (Å²) in [6.45, 7) is 2.21. The highest BCUT2D eigenvalue weighted by Crippen LogP contribution is 2.38. The molecule has 0 amide bonds. The van der Waals surface area contributed by atoms with Crippen molar-refractivity contribution in [1.82, 2.24) is 0 Å². The van der Waals surface area contributed by atoms with Crippen LogP contribution >= 0.6 is 23.8 Å². The van der Waals surface area contributed by atoms with E-state index >= 15 is 0 Å². The lowest BCUT2D eigenvalue weighted by atomic mass is 9.74. The first-order chi connectivity index (χ1) is 8.06. The largest absolute Gasteiger partial charge is 0.389 e. The van der Waals surface area contributed by atoms with Crippen LogP contribution in [-0.4, -0.2) is 10.5 Å². The summed E-state index contributed by atoms with van der Waals surface area (Å²) >= 11 is 11.0. The monoisotopic (exact) mass is 268 g/mol. The second-order valence-corrected chi connectivity index (χ2v) is 5.54. The molecule has 2 nitrogen and oxygen atoms in total. The van der Waals surface area contributed by atoms with Gasteiger partial charge >= 0.3 is 0 Å².